The van der Waals surface area contributed by atoms with E-state index in [1.54, 1.807) is 7.11 Å². The van der Waals surface area contributed by atoms with Gasteiger partial charge in [0.1, 0.15) is 9.84 Å². The zero-order chi connectivity index (χ0) is 14.0. The average Bonchev–Trinajstić information content (AvgIpc) is 2.27. The number of rotatable bonds is 5. The van der Waals surface area contributed by atoms with Crippen molar-refractivity contribution in [2.75, 3.05) is 13.4 Å². The molecule has 1 rings (SSSR count). The third-order valence-electron chi connectivity index (χ3n) is 4.16. The second-order valence-corrected chi connectivity index (χ2v) is 8.54. The summed E-state index contributed by atoms with van der Waals surface area (Å²) in [4.78, 5) is 0. The number of nitrogens with two attached hydrogens (primary N) is 1. The molecule has 3 unspecified atom stereocenters. The minimum atomic E-state index is -2.93. The molecule has 0 saturated heterocycles. The van der Waals surface area contributed by atoms with Gasteiger partial charge in [0, 0.05) is 19.4 Å². The molecule has 0 aromatic rings. The van der Waals surface area contributed by atoms with E-state index in [2.05, 4.69) is 0 Å². The molecule has 5 heteroatoms. The van der Waals surface area contributed by atoms with Crippen LogP contribution in [-0.4, -0.2) is 38.7 Å². The molecule has 108 valence electrons. The van der Waals surface area contributed by atoms with Crippen molar-refractivity contribution in [3.63, 3.8) is 0 Å². The van der Waals surface area contributed by atoms with Crippen LogP contribution in [0.5, 0.6) is 0 Å². The van der Waals surface area contributed by atoms with Crippen LogP contribution in [0.2, 0.25) is 0 Å². The van der Waals surface area contributed by atoms with Crippen molar-refractivity contribution in [1.29, 1.82) is 0 Å². The summed E-state index contributed by atoms with van der Waals surface area (Å²) in [5.41, 5.74) is 6.00. The molecule has 1 saturated carbocycles. The van der Waals surface area contributed by atoms with E-state index in [4.69, 9.17) is 10.5 Å². The van der Waals surface area contributed by atoms with Crippen LogP contribution in [-0.2, 0) is 14.6 Å². The summed E-state index contributed by atoms with van der Waals surface area (Å²) in [7, 11) is -1.24. The highest BCUT2D eigenvalue weighted by Gasteiger charge is 2.33. The van der Waals surface area contributed by atoms with Gasteiger partial charge in [0.25, 0.3) is 0 Å². The SMILES string of the molecule is COC(C)(C)CC(N)C1CCCC(S(C)(=O)=O)C1. The van der Waals surface area contributed by atoms with E-state index in [9.17, 15) is 8.42 Å². The van der Waals surface area contributed by atoms with E-state index < -0.39 is 9.84 Å². The van der Waals surface area contributed by atoms with Crippen molar-refractivity contribution in [3.05, 3.63) is 0 Å². The average molecular weight is 277 g/mol. The van der Waals surface area contributed by atoms with Gasteiger partial charge in [-0.25, -0.2) is 8.42 Å². The van der Waals surface area contributed by atoms with Gasteiger partial charge in [-0.3, -0.25) is 0 Å². The molecule has 0 aromatic carbocycles. The topological polar surface area (TPSA) is 69.4 Å². The summed E-state index contributed by atoms with van der Waals surface area (Å²) < 4.78 is 28.7. The third kappa shape index (κ3) is 4.52. The van der Waals surface area contributed by atoms with E-state index in [1.165, 1.54) is 6.26 Å². The standard InChI is InChI=1S/C13H27NO3S/c1-13(2,17-3)9-12(14)10-6-5-7-11(8-10)18(4,15)16/h10-12H,5-9,14H2,1-4H3. The number of sulfone groups is 1. The van der Waals surface area contributed by atoms with Crippen LogP contribution in [0.15, 0.2) is 0 Å². The van der Waals surface area contributed by atoms with E-state index in [0.717, 1.165) is 25.7 Å². The number of hydrogen-bond donors (Lipinski definition) is 1. The van der Waals surface area contributed by atoms with Crippen LogP contribution in [0.3, 0.4) is 0 Å². The Hall–Kier alpha value is -0.130. The lowest BCUT2D eigenvalue weighted by Gasteiger charge is -2.35. The van der Waals surface area contributed by atoms with Gasteiger partial charge in [-0.15, -0.1) is 0 Å². The first kappa shape index (κ1) is 15.9. The molecule has 3 atom stereocenters. The van der Waals surface area contributed by atoms with Crippen LogP contribution in [0.1, 0.15) is 46.0 Å². The molecule has 1 aliphatic rings. The van der Waals surface area contributed by atoms with E-state index in [1.807, 2.05) is 13.8 Å². The van der Waals surface area contributed by atoms with Gasteiger partial charge in [-0.2, -0.15) is 0 Å². The summed E-state index contributed by atoms with van der Waals surface area (Å²) >= 11 is 0. The van der Waals surface area contributed by atoms with Crippen LogP contribution >= 0.6 is 0 Å². The van der Waals surface area contributed by atoms with Crippen molar-refractivity contribution >= 4 is 9.84 Å². The number of hydrogen-bond acceptors (Lipinski definition) is 4. The Labute approximate surface area is 111 Å². The maximum atomic E-state index is 11.6. The smallest absolute Gasteiger partial charge is 0.150 e. The highest BCUT2D eigenvalue weighted by molar-refractivity contribution is 7.91. The van der Waals surface area contributed by atoms with Crippen LogP contribution in [0.4, 0.5) is 0 Å². The maximum absolute atomic E-state index is 11.6. The summed E-state index contributed by atoms with van der Waals surface area (Å²) in [6.07, 6.45) is 5.60. The fraction of sp³-hybridized carbons (Fsp3) is 1.00. The fourth-order valence-electron chi connectivity index (χ4n) is 2.78. The van der Waals surface area contributed by atoms with Gasteiger partial charge in [-0.05, 0) is 45.4 Å². The molecule has 0 radical (unpaired) electrons. The largest absolute Gasteiger partial charge is 0.379 e. The predicted molar refractivity (Wildman–Crippen MR) is 74.3 cm³/mol. The number of ether oxygens (including phenoxy) is 1. The first-order chi connectivity index (χ1) is 8.15. The molecule has 4 nitrogen and oxygen atoms in total. The zero-order valence-corrected chi connectivity index (χ0v) is 12.8. The molecule has 0 bridgehead atoms. The first-order valence-electron chi connectivity index (χ1n) is 6.65. The predicted octanol–water partition coefficient (Wildman–Crippen LogP) is 1.73. The van der Waals surface area contributed by atoms with Crippen molar-refractivity contribution in [2.24, 2.45) is 11.7 Å². The molecular weight excluding hydrogens is 250 g/mol. The quantitative estimate of drug-likeness (QED) is 0.831. The molecule has 18 heavy (non-hydrogen) atoms. The van der Waals surface area contributed by atoms with Gasteiger partial charge in [0.15, 0.2) is 0 Å². The van der Waals surface area contributed by atoms with Crippen LogP contribution < -0.4 is 5.73 Å². The van der Waals surface area contributed by atoms with Gasteiger partial charge < -0.3 is 10.5 Å². The first-order valence-corrected chi connectivity index (χ1v) is 8.61. The van der Waals surface area contributed by atoms with Crippen molar-refractivity contribution in [2.45, 2.75) is 62.8 Å². The molecule has 0 aromatic heterocycles. The second-order valence-electron chi connectivity index (χ2n) is 6.21. The second kappa shape index (κ2) is 5.88. The Bertz CT molecular complexity index is 364. The summed E-state index contributed by atoms with van der Waals surface area (Å²) in [5.74, 6) is 0.299. The fourth-order valence-corrected chi connectivity index (χ4v) is 3.97. The molecule has 1 aliphatic carbocycles. The summed E-state index contributed by atoms with van der Waals surface area (Å²) in [5, 5.41) is -0.201. The van der Waals surface area contributed by atoms with E-state index >= 15 is 0 Å². The van der Waals surface area contributed by atoms with Gasteiger partial charge >= 0.3 is 0 Å². The Morgan fingerprint density at radius 1 is 1.39 bits per heavy atom. The van der Waals surface area contributed by atoms with E-state index in [0.29, 0.717) is 12.3 Å². The van der Waals surface area contributed by atoms with Crippen molar-refractivity contribution in [3.8, 4) is 0 Å². The van der Waals surface area contributed by atoms with Gasteiger partial charge in [0.2, 0.25) is 0 Å². The maximum Gasteiger partial charge on any atom is 0.150 e. The highest BCUT2D eigenvalue weighted by Crippen LogP contribution is 2.32. The Morgan fingerprint density at radius 3 is 2.50 bits per heavy atom. The van der Waals surface area contributed by atoms with Gasteiger partial charge in [0.05, 0.1) is 10.9 Å². The minimum absolute atomic E-state index is 0.0181. The highest BCUT2D eigenvalue weighted by atomic mass is 32.2. The molecule has 0 amide bonds. The molecule has 0 spiro atoms. The third-order valence-corrected chi connectivity index (χ3v) is 5.80. The van der Waals surface area contributed by atoms with Crippen LogP contribution in [0.25, 0.3) is 0 Å². The van der Waals surface area contributed by atoms with Crippen LogP contribution in [0, 0.1) is 5.92 Å². The summed E-state index contributed by atoms with van der Waals surface area (Å²) in [6, 6.07) is 0.0181. The Morgan fingerprint density at radius 2 is 2.00 bits per heavy atom. The normalized spacial score (nSPS) is 28.1. The Balaban J connectivity index is 2.61. The molecule has 1 fully saturated rings. The number of methoxy groups -OCH3 is 1. The molecule has 2 N–H and O–H groups in total. The lowest BCUT2D eigenvalue weighted by atomic mass is 9.80. The monoisotopic (exact) mass is 277 g/mol. The van der Waals surface area contributed by atoms with Crippen molar-refractivity contribution in [1.82, 2.24) is 0 Å². The molecule has 0 heterocycles. The Kier molecular flexibility index (Phi) is 5.21. The molecule has 0 aliphatic heterocycles. The zero-order valence-electron chi connectivity index (χ0n) is 12.0. The van der Waals surface area contributed by atoms with E-state index in [-0.39, 0.29) is 16.9 Å². The van der Waals surface area contributed by atoms with Gasteiger partial charge in [-0.1, -0.05) is 6.42 Å². The van der Waals surface area contributed by atoms with Crippen molar-refractivity contribution < 1.29 is 13.2 Å². The lowest BCUT2D eigenvalue weighted by Crippen LogP contribution is -2.42. The minimum Gasteiger partial charge on any atom is -0.379 e. The summed E-state index contributed by atoms with van der Waals surface area (Å²) in [6.45, 7) is 4.04. The molecular formula is C13H27NO3S. The lowest BCUT2D eigenvalue weighted by molar-refractivity contribution is 0.00387.